The fraction of sp³-hybridized carbons (Fsp3) is 0.389. The lowest BCUT2D eigenvalue weighted by molar-refractivity contribution is 0.0298. The van der Waals surface area contributed by atoms with Gasteiger partial charge in [0.15, 0.2) is 5.69 Å². The van der Waals surface area contributed by atoms with Crippen molar-refractivity contribution in [2.24, 2.45) is 0 Å². The molecule has 0 saturated carbocycles. The van der Waals surface area contributed by atoms with Gasteiger partial charge in [0.2, 0.25) is 5.88 Å². The molecule has 26 heavy (non-hydrogen) atoms. The number of hydrogen-bond donors (Lipinski definition) is 0. The second kappa shape index (κ2) is 7.17. The number of carbonyl (C=O) groups is 1. The van der Waals surface area contributed by atoms with Crippen molar-refractivity contribution in [3.05, 3.63) is 42.4 Å². The Morgan fingerprint density at radius 1 is 1.23 bits per heavy atom. The summed E-state index contributed by atoms with van der Waals surface area (Å²) in [5.74, 6) is 1.31. The number of morpholine rings is 1. The first-order valence-electron chi connectivity index (χ1n) is 8.67. The van der Waals surface area contributed by atoms with Crippen LogP contribution in [0.3, 0.4) is 0 Å². The monoisotopic (exact) mass is 355 g/mol. The summed E-state index contributed by atoms with van der Waals surface area (Å²) in [6, 6.07) is 5.51. The lowest BCUT2D eigenvalue weighted by atomic mass is 10.3. The summed E-state index contributed by atoms with van der Waals surface area (Å²) in [6.07, 6.45) is 6.79. The molecule has 2 aliphatic heterocycles. The molecule has 136 valence electrons. The Bertz CT molecular complexity index is 809. The average Bonchev–Trinajstić information content (AvgIpc) is 3.38. The number of pyridine rings is 1. The van der Waals surface area contributed by atoms with Crippen molar-refractivity contribution in [2.45, 2.75) is 6.42 Å². The highest BCUT2D eigenvalue weighted by Crippen LogP contribution is 2.25. The molecule has 0 unspecified atom stereocenters. The highest BCUT2D eigenvalue weighted by Gasteiger charge is 2.25. The van der Waals surface area contributed by atoms with Gasteiger partial charge in [-0.2, -0.15) is 5.10 Å². The normalized spacial score (nSPS) is 17.0. The van der Waals surface area contributed by atoms with E-state index >= 15 is 0 Å². The molecule has 2 aromatic rings. The number of rotatable bonds is 4. The van der Waals surface area contributed by atoms with Gasteiger partial charge in [-0.1, -0.05) is 6.08 Å². The van der Waals surface area contributed by atoms with E-state index < -0.39 is 0 Å². The molecule has 0 radical (unpaired) electrons. The van der Waals surface area contributed by atoms with E-state index in [1.165, 1.54) is 0 Å². The summed E-state index contributed by atoms with van der Waals surface area (Å²) in [5.41, 5.74) is 1.21. The number of methoxy groups -OCH3 is 1. The Balaban J connectivity index is 1.69. The van der Waals surface area contributed by atoms with Crippen LogP contribution >= 0.6 is 0 Å². The van der Waals surface area contributed by atoms with Gasteiger partial charge in [0.25, 0.3) is 5.91 Å². The lowest BCUT2D eigenvalue weighted by Crippen LogP contribution is -2.40. The molecule has 0 atom stereocenters. The molecule has 0 spiro atoms. The van der Waals surface area contributed by atoms with Gasteiger partial charge in [0.05, 0.1) is 32.2 Å². The smallest absolute Gasteiger partial charge is 0.274 e. The van der Waals surface area contributed by atoms with Gasteiger partial charge in [0.1, 0.15) is 5.82 Å². The van der Waals surface area contributed by atoms with Crippen molar-refractivity contribution in [3.8, 4) is 11.6 Å². The van der Waals surface area contributed by atoms with Gasteiger partial charge in [-0.15, -0.1) is 0 Å². The average molecular weight is 355 g/mol. The van der Waals surface area contributed by atoms with E-state index in [9.17, 15) is 4.79 Å². The standard InChI is InChI=1S/C18H21N5O3/c1-25-16-5-4-14(13-19-16)23-17(21-6-2-3-7-21)12-15(20-23)18(24)22-8-10-26-11-9-22/h2,4-6,12-13H,3,7-11H2,1H3. The van der Waals surface area contributed by atoms with E-state index in [4.69, 9.17) is 9.47 Å². The number of hydrogen-bond acceptors (Lipinski definition) is 6. The van der Waals surface area contributed by atoms with Gasteiger partial charge in [-0.05, 0) is 12.5 Å². The van der Waals surface area contributed by atoms with Crippen LogP contribution in [0.25, 0.3) is 5.69 Å². The van der Waals surface area contributed by atoms with Gasteiger partial charge in [0, 0.05) is 38.0 Å². The van der Waals surface area contributed by atoms with Crippen molar-refractivity contribution in [3.63, 3.8) is 0 Å². The fourth-order valence-corrected chi connectivity index (χ4v) is 3.10. The third-order valence-corrected chi connectivity index (χ3v) is 4.50. The molecular formula is C18H21N5O3. The van der Waals surface area contributed by atoms with Crippen molar-refractivity contribution >= 4 is 11.7 Å². The predicted octanol–water partition coefficient (Wildman–Crippen LogP) is 1.47. The van der Waals surface area contributed by atoms with Crippen LogP contribution in [-0.2, 0) is 4.74 Å². The summed E-state index contributed by atoms with van der Waals surface area (Å²) in [4.78, 5) is 21.0. The number of nitrogens with zero attached hydrogens (tertiary/aromatic N) is 5. The second-order valence-electron chi connectivity index (χ2n) is 6.13. The predicted molar refractivity (Wildman–Crippen MR) is 95.7 cm³/mol. The zero-order valence-electron chi connectivity index (χ0n) is 14.7. The minimum absolute atomic E-state index is 0.0713. The Hall–Kier alpha value is -2.87. The number of ether oxygens (including phenoxy) is 2. The van der Waals surface area contributed by atoms with Gasteiger partial charge in [-0.3, -0.25) is 4.79 Å². The van der Waals surface area contributed by atoms with Gasteiger partial charge < -0.3 is 19.3 Å². The maximum Gasteiger partial charge on any atom is 0.274 e. The first kappa shape index (κ1) is 16.6. The molecule has 1 saturated heterocycles. The van der Waals surface area contributed by atoms with Crippen LogP contribution in [0.5, 0.6) is 5.88 Å². The Morgan fingerprint density at radius 3 is 2.73 bits per heavy atom. The van der Waals surface area contributed by atoms with Crippen LogP contribution in [0.1, 0.15) is 16.9 Å². The summed E-state index contributed by atoms with van der Waals surface area (Å²) in [6.45, 7) is 3.18. The molecule has 0 N–H and O–H groups in total. The van der Waals surface area contributed by atoms with Crippen LogP contribution in [0.4, 0.5) is 5.82 Å². The van der Waals surface area contributed by atoms with E-state index in [1.807, 2.05) is 18.3 Å². The Labute approximate surface area is 151 Å². The molecule has 0 bridgehead atoms. The van der Waals surface area contributed by atoms with Crippen LogP contribution < -0.4 is 9.64 Å². The number of carbonyl (C=O) groups excluding carboxylic acids is 1. The molecule has 0 aromatic carbocycles. The minimum Gasteiger partial charge on any atom is -0.481 e. The van der Waals surface area contributed by atoms with Gasteiger partial charge in [-0.25, -0.2) is 9.67 Å². The van der Waals surface area contributed by atoms with Gasteiger partial charge >= 0.3 is 0 Å². The molecule has 0 aliphatic carbocycles. The maximum absolute atomic E-state index is 12.8. The molecule has 1 amide bonds. The van der Waals surface area contributed by atoms with Crippen molar-refractivity contribution in [2.75, 3.05) is 44.9 Å². The highest BCUT2D eigenvalue weighted by atomic mass is 16.5. The van der Waals surface area contributed by atoms with Crippen LogP contribution in [-0.4, -0.2) is 65.5 Å². The molecule has 8 nitrogen and oxygen atoms in total. The zero-order chi connectivity index (χ0) is 17.9. The molecular weight excluding hydrogens is 334 g/mol. The van der Waals surface area contributed by atoms with Crippen molar-refractivity contribution in [1.29, 1.82) is 0 Å². The Kier molecular flexibility index (Phi) is 4.57. The van der Waals surface area contributed by atoms with E-state index in [1.54, 1.807) is 29.0 Å². The van der Waals surface area contributed by atoms with E-state index in [0.717, 1.165) is 24.5 Å². The highest BCUT2D eigenvalue weighted by molar-refractivity contribution is 5.93. The third-order valence-electron chi connectivity index (χ3n) is 4.50. The van der Waals surface area contributed by atoms with Crippen molar-refractivity contribution in [1.82, 2.24) is 19.7 Å². The van der Waals surface area contributed by atoms with Crippen LogP contribution in [0.15, 0.2) is 36.7 Å². The van der Waals surface area contributed by atoms with E-state index in [-0.39, 0.29) is 5.91 Å². The maximum atomic E-state index is 12.8. The lowest BCUT2D eigenvalue weighted by Gasteiger charge is -2.25. The third kappa shape index (κ3) is 3.15. The van der Waals surface area contributed by atoms with Crippen LogP contribution in [0.2, 0.25) is 0 Å². The van der Waals surface area contributed by atoms with Crippen LogP contribution in [0, 0.1) is 0 Å². The van der Waals surface area contributed by atoms with E-state index in [0.29, 0.717) is 37.9 Å². The summed E-state index contributed by atoms with van der Waals surface area (Å²) >= 11 is 0. The summed E-state index contributed by atoms with van der Waals surface area (Å²) < 4.78 is 12.2. The number of amides is 1. The quantitative estimate of drug-likeness (QED) is 0.827. The fourth-order valence-electron chi connectivity index (χ4n) is 3.10. The first-order valence-corrected chi connectivity index (χ1v) is 8.67. The Morgan fingerprint density at radius 2 is 2.08 bits per heavy atom. The molecule has 1 fully saturated rings. The summed E-state index contributed by atoms with van der Waals surface area (Å²) in [7, 11) is 1.58. The first-order chi connectivity index (χ1) is 12.8. The van der Waals surface area contributed by atoms with E-state index in [2.05, 4.69) is 21.1 Å². The molecule has 4 rings (SSSR count). The molecule has 2 aromatic heterocycles. The molecule has 4 heterocycles. The zero-order valence-corrected chi connectivity index (χ0v) is 14.7. The largest absolute Gasteiger partial charge is 0.481 e. The number of anilines is 1. The minimum atomic E-state index is -0.0713. The number of aromatic nitrogens is 3. The molecule has 2 aliphatic rings. The second-order valence-corrected chi connectivity index (χ2v) is 6.13. The molecule has 8 heteroatoms. The SMILES string of the molecule is COc1ccc(-n2nc(C(=O)N3CCOCC3)cc2N2C=CCC2)cn1. The van der Waals surface area contributed by atoms with Crippen molar-refractivity contribution < 1.29 is 14.3 Å². The topological polar surface area (TPSA) is 72.7 Å². The summed E-state index contributed by atoms with van der Waals surface area (Å²) in [5, 5.41) is 4.58.